The van der Waals surface area contributed by atoms with Gasteiger partial charge in [-0.2, -0.15) is 5.10 Å². The lowest BCUT2D eigenvalue weighted by atomic mass is 10.3. The molecule has 0 bridgehead atoms. The second-order valence-electron chi connectivity index (χ2n) is 6.10. The normalized spacial score (nSPS) is 14.8. The lowest BCUT2D eigenvalue weighted by Crippen LogP contribution is -2.47. The SMILES string of the molecule is Cc1cc(C)n(-c2cncc(N3CCN(c4ncccn4)CC3)n2)n1. The molecule has 0 aliphatic carbocycles. The quantitative estimate of drug-likeness (QED) is 0.715. The van der Waals surface area contributed by atoms with Gasteiger partial charge in [-0.05, 0) is 26.0 Å². The van der Waals surface area contributed by atoms with Gasteiger partial charge in [-0.15, -0.1) is 0 Å². The minimum atomic E-state index is 0.747. The van der Waals surface area contributed by atoms with E-state index in [4.69, 9.17) is 4.98 Å². The maximum absolute atomic E-state index is 4.75. The van der Waals surface area contributed by atoms with E-state index in [0.717, 1.165) is 55.2 Å². The molecule has 0 N–H and O–H groups in total. The van der Waals surface area contributed by atoms with Crippen molar-refractivity contribution in [2.45, 2.75) is 13.8 Å². The third kappa shape index (κ3) is 3.15. The lowest BCUT2D eigenvalue weighted by Gasteiger charge is -2.35. The summed E-state index contributed by atoms with van der Waals surface area (Å²) < 4.78 is 1.83. The summed E-state index contributed by atoms with van der Waals surface area (Å²) in [6.45, 7) is 7.42. The Morgan fingerprint density at radius 1 is 0.880 bits per heavy atom. The lowest BCUT2D eigenvalue weighted by molar-refractivity contribution is 0.632. The first-order valence-electron chi connectivity index (χ1n) is 8.33. The molecule has 0 amide bonds. The zero-order valence-electron chi connectivity index (χ0n) is 14.4. The molecule has 3 aromatic rings. The molecule has 0 radical (unpaired) electrons. The van der Waals surface area contributed by atoms with Gasteiger partial charge in [0.15, 0.2) is 5.82 Å². The van der Waals surface area contributed by atoms with Crippen LogP contribution < -0.4 is 9.80 Å². The van der Waals surface area contributed by atoms with Crippen LogP contribution in [0.25, 0.3) is 5.82 Å². The van der Waals surface area contributed by atoms with Crippen LogP contribution in [-0.4, -0.2) is 55.9 Å². The van der Waals surface area contributed by atoms with Crippen molar-refractivity contribution in [3.05, 3.63) is 48.3 Å². The van der Waals surface area contributed by atoms with E-state index in [9.17, 15) is 0 Å². The fourth-order valence-electron chi connectivity index (χ4n) is 3.05. The molecule has 4 heterocycles. The largest absolute Gasteiger partial charge is 0.352 e. The zero-order valence-corrected chi connectivity index (χ0v) is 14.4. The van der Waals surface area contributed by atoms with E-state index in [1.54, 1.807) is 18.6 Å². The highest BCUT2D eigenvalue weighted by Crippen LogP contribution is 2.17. The maximum atomic E-state index is 4.75. The first-order valence-corrected chi connectivity index (χ1v) is 8.33. The molecule has 128 valence electrons. The van der Waals surface area contributed by atoms with Crippen LogP contribution in [0.15, 0.2) is 36.9 Å². The Morgan fingerprint density at radius 2 is 1.56 bits per heavy atom. The van der Waals surface area contributed by atoms with Crippen molar-refractivity contribution in [3.63, 3.8) is 0 Å². The molecule has 8 heteroatoms. The van der Waals surface area contributed by atoms with E-state index in [1.165, 1.54) is 0 Å². The molecule has 0 unspecified atom stereocenters. The third-order valence-corrected chi connectivity index (χ3v) is 4.27. The summed E-state index contributed by atoms with van der Waals surface area (Å²) in [7, 11) is 0. The van der Waals surface area contributed by atoms with Crippen LogP contribution in [0.1, 0.15) is 11.4 Å². The molecule has 1 fully saturated rings. The summed E-state index contributed by atoms with van der Waals surface area (Å²) in [5.41, 5.74) is 2.02. The number of hydrogen-bond acceptors (Lipinski definition) is 7. The highest BCUT2D eigenvalue weighted by molar-refractivity contribution is 5.43. The number of anilines is 2. The molecule has 0 saturated carbocycles. The van der Waals surface area contributed by atoms with E-state index in [2.05, 4.69) is 29.9 Å². The van der Waals surface area contributed by atoms with Gasteiger partial charge >= 0.3 is 0 Å². The van der Waals surface area contributed by atoms with Crippen molar-refractivity contribution < 1.29 is 0 Å². The maximum Gasteiger partial charge on any atom is 0.225 e. The molecule has 0 spiro atoms. The summed E-state index contributed by atoms with van der Waals surface area (Å²) in [5, 5.41) is 4.49. The standard InChI is InChI=1S/C17H20N8/c1-13-10-14(2)25(22-13)16-12-18-11-15(21-16)23-6-8-24(9-7-23)17-19-4-3-5-20-17/h3-5,10-12H,6-9H2,1-2H3. The smallest absolute Gasteiger partial charge is 0.225 e. The number of aromatic nitrogens is 6. The second kappa shape index (κ2) is 6.46. The zero-order chi connectivity index (χ0) is 17.2. The monoisotopic (exact) mass is 336 g/mol. The van der Waals surface area contributed by atoms with Gasteiger partial charge in [-0.25, -0.2) is 19.6 Å². The topological polar surface area (TPSA) is 75.9 Å². The Hall–Kier alpha value is -3.03. The fourth-order valence-corrected chi connectivity index (χ4v) is 3.05. The predicted octanol–water partition coefficient (Wildman–Crippen LogP) is 1.40. The van der Waals surface area contributed by atoms with Gasteiger partial charge in [0.1, 0.15) is 5.82 Å². The molecular weight excluding hydrogens is 316 g/mol. The van der Waals surface area contributed by atoms with Gasteiger partial charge in [-0.3, -0.25) is 4.98 Å². The molecule has 8 nitrogen and oxygen atoms in total. The molecule has 3 aromatic heterocycles. The van der Waals surface area contributed by atoms with Crippen molar-refractivity contribution in [2.24, 2.45) is 0 Å². The molecule has 0 aromatic carbocycles. The Kier molecular flexibility index (Phi) is 4.01. The molecule has 0 atom stereocenters. The molecule has 25 heavy (non-hydrogen) atoms. The first kappa shape index (κ1) is 15.5. The van der Waals surface area contributed by atoms with Crippen LogP contribution >= 0.6 is 0 Å². The summed E-state index contributed by atoms with van der Waals surface area (Å²) in [4.78, 5) is 22.2. The van der Waals surface area contributed by atoms with Crippen molar-refractivity contribution in [1.82, 2.24) is 29.7 Å². The van der Waals surface area contributed by atoms with Gasteiger partial charge in [0.2, 0.25) is 5.95 Å². The highest BCUT2D eigenvalue weighted by Gasteiger charge is 2.20. The molecule has 1 saturated heterocycles. The average Bonchev–Trinajstić information content (AvgIpc) is 3.01. The van der Waals surface area contributed by atoms with Crippen LogP contribution in [0.4, 0.5) is 11.8 Å². The van der Waals surface area contributed by atoms with E-state index in [0.29, 0.717) is 0 Å². The van der Waals surface area contributed by atoms with Gasteiger partial charge in [0.25, 0.3) is 0 Å². The van der Waals surface area contributed by atoms with Crippen molar-refractivity contribution in [1.29, 1.82) is 0 Å². The highest BCUT2D eigenvalue weighted by atomic mass is 15.4. The van der Waals surface area contributed by atoms with Crippen LogP contribution in [0, 0.1) is 13.8 Å². The van der Waals surface area contributed by atoms with E-state index >= 15 is 0 Å². The molecule has 1 aliphatic heterocycles. The number of piperazine rings is 1. The minimum Gasteiger partial charge on any atom is -0.352 e. The Balaban J connectivity index is 1.50. The van der Waals surface area contributed by atoms with Crippen molar-refractivity contribution in [3.8, 4) is 5.82 Å². The number of aryl methyl sites for hydroxylation is 2. The van der Waals surface area contributed by atoms with E-state index < -0.39 is 0 Å². The Labute approximate surface area is 146 Å². The van der Waals surface area contributed by atoms with Crippen LogP contribution in [0.5, 0.6) is 0 Å². The van der Waals surface area contributed by atoms with Crippen molar-refractivity contribution >= 4 is 11.8 Å². The van der Waals surface area contributed by atoms with Crippen LogP contribution in [0.2, 0.25) is 0 Å². The number of hydrogen-bond donors (Lipinski definition) is 0. The Bertz CT molecular complexity index is 852. The fraction of sp³-hybridized carbons (Fsp3) is 0.353. The summed E-state index contributed by atoms with van der Waals surface area (Å²) in [6.07, 6.45) is 7.11. The van der Waals surface area contributed by atoms with Crippen molar-refractivity contribution in [2.75, 3.05) is 36.0 Å². The number of nitrogens with zero attached hydrogens (tertiary/aromatic N) is 8. The summed E-state index contributed by atoms with van der Waals surface area (Å²) >= 11 is 0. The van der Waals surface area contributed by atoms with Gasteiger partial charge in [0.05, 0.1) is 18.1 Å². The van der Waals surface area contributed by atoms with Gasteiger partial charge in [-0.1, -0.05) is 0 Å². The predicted molar refractivity (Wildman–Crippen MR) is 95.1 cm³/mol. The molecular formula is C17H20N8. The van der Waals surface area contributed by atoms with E-state index in [1.807, 2.05) is 36.9 Å². The Morgan fingerprint density at radius 3 is 2.24 bits per heavy atom. The van der Waals surface area contributed by atoms with Crippen LogP contribution in [0.3, 0.4) is 0 Å². The van der Waals surface area contributed by atoms with Gasteiger partial charge in [0, 0.05) is 44.3 Å². The third-order valence-electron chi connectivity index (χ3n) is 4.27. The summed E-state index contributed by atoms with van der Waals surface area (Å²) in [5.74, 6) is 2.40. The molecule has 4 rings (SSSR count). The average molecular weight is 336 g/mol. The van der Waals surface area contributed by atoms with Gasteiger partial charge < -0.3 is 9.80 Å². The molecule has 1 aliphatic rings. The summed E-state index contributed by atoms with van der Waals surface area (Å²) in [6, 6.07) is 3.87. The number of rotatable bonds is 3. The van der Waals surface area contributed by atoms with Crippen LogP contribution in [-0.2, 0) is 0 Å². The minimum absolute atomic E-state index is 0.747. The first-order chi connectivity index (χ1) is 12.2. The van der Waals surface area contributed by atoms with E-state index in [-0.39, 0.29) is 0 Å². The second-order valence-corrected chi connectivity index (χ2v) is 6.10.